The smallest absolute Gasteiger partial charge is 0.0771 e. The van der Waals surface area contributed by atoms with Crippen LogP contribution in [0.2, 0.25) is 0 Å². The molecule has 86 valence electrons. The molecule has 2 bridgehead atoms. The molecule has 0 saturated carbocycles. The molecule has 3 nitrogen and oxygen atoms in total. The van der Waals surface area contributed by atoms with E-state index in [9.17, 15) is 0 Å². The predicted molar refractivity (Wildman–Crippen MR) is 64.7 cm³/mol. The van der Waals surface area contributed by atoms with E-state index in [0.717, 1.165) is 26.1 Å². The molecule has 0 amide bonds. The Morgan fingerprint density at radius 3 is 2.69 bits per heavy atom. The van der Waals surface area contributed by atoms with Crippen LogP contribution < -0.4 is 10.6 Å². The number of morpholine rings is 1. The van der Waals surface area contributed by atoms with Gasteiger partial charge in [0.1, 0.15) is 0 Å². The summed E-state index contributed by atoms with van der Waals surface area (Å²) < 4.78 is 5.61. The summed E-state index contributed by atoms with van der Waals surface area (Å²) in [5, 5.41) is 0. The number of fused-ring (bicyclic) bond motifs is 2. The van der Waals surface area contributed by atoms with Gasteiger partial charge in [-0.2, -0.15) is 0 Å². The summed E-state index contributed by atoms with van der Waals surface area (Å²) >= 11 is 0. The van der Waals surface area contributed by atoms with Crippen molar-refractivity contribution in [2.45, 2.75) is 25.0 Å². The van der Waals surface area contributed by atoms with Crippen molar-refractivity contribution in [1.29, 1.82) is 0 Å². The normalized spacial score (nSPS) is 27.7. The fourth-order valence-corrected chi connectivity index (χ4v) is 2.74. The van der Waals surface area contributed by atoms with Gasteiger partial charge in [0.15, 0.2) is 0 Å². The minimum Gasteiger partial charge on any atom is -0.374 e. The summed E-state index contributed by atoms with van der Waals surface area (Å²) in [6.45, 7) is 2.68. The van der Waals surface area contributed by atoms with Crippen molar-refractivity contribution >= 4 is 5.69 Å². The van der Waals surface area contributed by atoms with Gasteiger partial charge in [0.2, 0.25) is 0 Å². The Bertz CT molecular complexity index is 363. The molecule has 2 N–H and O–H groups in total. The minimum absolute atomic E-state index is 0.466. The third-order valence-corrected chi connectivity index (χ3v) is 3.60. The van der Waals surface area contributed by atoms with Crippen molar-refractivity contribution in [2.24, 2.45) is 5.73 Å². The summed E-state index contributed by atoms with van der Waals surface area (Å²) in [6, 6.07) is 9.41. The van der Waals surface area contributed by atoms with Gasteiger partial charge in [-0.1, -0.05) is 12.1 Å². The molecule has 2 aliphatic heterocycles. The maximum atomic E-state index is 5.61. The van der Waals surface area contributed by atoms with E-state index < -0.39 is 0 Å². The van der Waals surface area contributed by atoms with Crippen LogP contribution in [0.15, 0.2) is 24.3 Å². The van der Waals surface area contributed by atoms with Crippen LogP contribution in [0, 0.1) is 0 Å². The Balaban J connectivity index is 1.75. The minimum atomic E-state index is 0.466. The van der Waals surface area contributed by atoms with E-state index in [-0.39, 0.29) is 0 Å². The first-order valence-electron chi connectivity index (χ1n) is 6.04. The van der Waals surface area contributed by atoms with Crippen LogP contribution in [0.5, 0.6) is 0 Å². The molecule has 1 aromatic carbocycles. The molecule has 0 spiro atoms. The quantitative estimate of drug-likeness (QED) is 0.827. The lowest BCUT2D eigenvalue weighted by molar-refractivity contribution is 0.0991. The highest BCUT2D eigenvalue weighted by Crippen LogP contribution is 2.32. The van der Waals surface area contributed by atoms with E-state index in [4.69, 9.17) is 10.5 Å². The second-order valence-corrected chi connectivity index (χ2v) is 4.70. The lowest BCUT2D eigenvalue weighted by Gasteiger charge is -2.29. The van der Waals surface area contributed by atoms with E-state index in [1.54, 1.807) is 0 Å². The van der Waals surface area contributed by atoms with Crippen LogP contribution in [0.25, 0.3) is 0 Å². The molecule has 2 unspecified atom stereocenters. The van der Waals surface area contributed by atoms with E-state index >= 15 is 0 Å². The number of hydrogen-bond acceptors (Lipinski definition) is 3. The van der Waals surface area contributed by atoms with Crippen molar-refractivity contribution in [2.75, 3.05) is 24.6 Å². The lowest BCUT2D eigenvalue weighted by atomic mass is 10.1. The molecule has 3 rings (SSSR count). The predicted octanol–water partition coefficient (Wildman–Crippen LogP) is 1.17. The zero-order valence-electron chi connectivity index (χ0n) is 9.43. The summed E-state index contributed by atoms with van der Waals surface area (Å²) in [5.41, 5.74) is 8.20. The molecule has 2 fully saturated rings. The molecule has 2 saturated heterocycles. The zero-order chi connectivity index (χ0) is 11.0. The van der Waals surface area contributed by atoms with Crippen LogP contribution >= 0.6 is 0 Å². The number of nitrogens with zero attached hydrogens (tertiary/aromatic N) is 1. The molecular weight excluding hydrogens is 200 g/mol. The number of benzene rings is 1. The van der Waals surface area contributed by atoms with Crippen molar-refractivity contribution < 1.29 is 4.74 Å². The number of anilines is 1. The second kappa shape index (κ2) is 4.07. The number of ether oxygens (including phenoxy) is 1. The van der Waals surface area contributed by atoms with Crippen molar-refractivity contribution in [1.82, 2.24) is 0 Å². The van der Waals surface area contributed by atoms with E-state index in [2.05, 4.69) is 29.2 Å². The molecule has 0 radical (unpaired) electrons. The van der Waals surface area contributed by atoms with Crippen molar-refractivity contribution in [3.05, 3.63) is 29.8 Å². The van der Waals surface area contributed by atoms with Crippen molar-refractivity contribution in [3.63, 3.8) is 0 Å². The summed E-state index contributed by atoms with van der Waals surface area (Å²) in [7, 11) is 0. The summed E-state index contributed by atoms with van der Waals surface area (Å²) in [6.07, 6.45) is 2.63. The van der Waals surface area contributed by atoms with E-state index in [1.165, 1.54) is 17.7 Å². The third kappa shape index (κ3) is 1.70. The molecule has 3 heteroatoms. The number of rotatable bonds is 3. The molecule has 2 aliphatic rings. The SMILES string of the molecule is NCCc1ccc(N2CC3CC2CO3)cc1. The van der Waals surface area contributed by atoms with Gasteiger partial charge >= 0.3 is 0 Å². The van der Waals surface area contributed by atoms with Gasteiger partial charge in [-0.25, -0.2) is 0 Å². The largest absolute Gasteiger partial charge is 0.374 e. The zero-order valence-corrected chi connectivity index (χ0v) is 9.43. The van der Waals surface area contributed by atoms with E-state index in [1.807, 2.05) is 0 Å². The Kier molecular flexibility index (Phi) is 2.58. The fourth-order valence-electron chi connectivity index (χ4n) is 2.74. The van der Waals surface area contributed by atoms with E-state index in [0.29, 0.717) is 12.1 Å². The monoisotopic (exact) mass is 218 g/mol. The molecule has 2 heterocycles. The number of nitrogens with two attached hydrogens (primary N) is 1. The standard InChI is InChI=1S/C13H18N2O/c14-6-5-10-1-3-11(4-2-10)15-8-13-7-12(15)9-16-13/h1-4,12-13H,5-9,14H2. The van der Waals surface area contributed by atoms with Gasteiger partial charge in [0.25, 0.3) is 0 Å². The maximum absolute atomic E-state index is 5.61. The Morgan fingerprint density at radius 2 is 2.12 bits per heavy atom. The average molecular weight is 218 g/mol. The van der Waals surface area contributed by atoms with Gasteiger partial charge in [0.05, 0.1) is 18.8 Å². The topological polar surface area (TPSA) is 38.5 Å². The highest BCUT2D eigenvalue weighted by molar-refractivity contribution is 5.50. The molecule has 0 aliphatic carbocycles. The highest BCUT2D eigenvalue weighted by Gasteiger charge is 2.38. The molecular formula is C13H18N2O. The molecule has 2 atom stereocenters. The highest BCUT2D eigenvalue weighted by atomic mass is 16.5. The van der Waals surface area contributed by atoms with Crippen LogP contribution in [0.1, 0.15) is 12.0 Å². The number of hydrogen-bond donors (Lipinski definition) is 1. The first-order valence-corrected chi connectivity index (χ1v) is 6.04. The lowest BCUT2D eigenvalue weighted by Crippen LogP contribution is -2.36. The Labute approximate surface area is 96.2 Å². The fraction of sp³-hybridized carbons (Fsp3) is 0.538. The Morgan fingerprint density at radius 1 is 1.31 bits per heavy atom. The third-order valence-electron chi connectivity index (χ3n) is 3.60. The molecule has 16 heavy (non-hydrogen) atoms. The average Bonchev–Trinajstić information content (AvgIpc) is 2.92. The van der Waals surface area contributed by atoms with Crippen LogP contribution in [0.4, 0.5) is 5.69 Å². The second-order valence-electron chi connectivity index (χ2n) is 4.70. The first kappa shape index (κ1) is 10.1. The van der Waals surface area contributed by atoms with Gasteiger partial charge in [-0.3, -0.25) is 0 Å². The first-order chi connectivity index (χ1) is 7.86. The van der Waals surface area contributed by atoms with Gasteiger partial charge in [0, 0.05) is 12.2 Å². The summed E-state index contributed by atoms with van der Waals surface area (Å²) in [5.74, 6) is 0. The van der Waals surface area contributed by atoms with Gasteiger partial charge in [-0.05, 0) is 37.1 Å². The maximum Gasteiger partial charge on any atom is 0.0771 e. The summed E-state index contributed by atoms with van der Waals surface area (Å²) in [4.78, 5) is 2.47. The van der Waals surface area contributed by atoms with Crippen LogP contribution in [0.3, 0.4) is 0 Å². The van der Waals surface area contributed by atoms with Crippen LogP contribution in [-0.2, 0) is 11.2 Å². The molecule has 1 aromatic rings. The van der Waals surface area contributed by atoms with Crippen molar-refractivity contribution in [3.8, 4) is 0 Å². The van der Waals surface area contributed by atoms with Gasteiger partial charge in [-0.15, -0.1) is 0 Å². The Hall–Kier alpha value is -1.06. The van der Waals surface area contributed by atoms with Gasteiger partial charge < -0.3 is 15.4 Å². The van der Waals surface area contributed by atoms with Crippen LogP contribution in [-0.4, -0.2) is 31.8 Å². The molecule has 0 aromatic heterocycles.